The molecule has 8 heteroatoms. The summed E-state index contributed by atoms with van der Waals surface area (Å²) in [5.41, 5.74) is 1.60. The minimum Gasteiger partial charge on any atom is -0.351 e. The molecular weight excluding hydrogens is 320 g/mol. The minimum absolute atomic E-state index is 0.0986. The number of carbonyl (C=O) groups is 2. The zero-order valence-corrected chi connectivity index (χ0v) is 14.2. The summed E-state index contributed by atoms with van der Waals surface area (Å²) in [6, 6.07) is 5.38. The molecule has 2 aromatic heterocycles. The van der Waals surface area contributed by atoms with E-state index >= 15 is 0 Å². The Balaban J connectivity index is 1.69. The van der Waals surface area contributed by atoms with Gasteiger partial charge < -0.3 is 15.2 Å². The van der Waals surface area contributed by atoms with E-state index in [1.54, 1.807) is 17.3 Å². The van der Waals surface area contributed by atoms with E-state index in [1.165, 1.54) is 0 Å². The number of nitrogens with zero attached hydrogens (tertiary/aromatic N) is 4. The molecule has 8 nitrogen and oxygen atoms in total. The molecule has 0 spiro atoms. The molecule has 0 saturated carbocycles. The maximum atomic E-state index is 12.5. The Morgan fingerprint density at radius 3 is 3.00 bits per heavy atom. The smallest absolute Gasteiger partial charge is 0.270 e. The van der Waals surface area contributed by atoms with Crippen molar-refractivity contribution < 1.29 is 9.59 Å². The van der Waals surface area contributed by atoms with Gasteiger partial charge in [-0.05, 0) is 31.5 Å². The molecule has 2 aliphatic rings. The maximum absolute atomic E-state index is 12.5. The molecule has 4 rings (SSSR count). The van der Waals surface area contributed by atoms with Crippen LogP contribution < -0.4 is 10.6 Å². The van der Waals surface area contributed by atoms with Crippen LogP contribution in [0.3, 0.4) is 0 Å². The topological polar surface area (TPSA) is 91.6 Å². The fourth-order valence-corrected chi connectivity index (χ4v) is 3.36. The van der Waals surface area contributed by atoms with Gasteiger partial charge in [0, 0.05) is 31.2 Å². The number of hydrogen-bond donors (Lipinski definition) is 2. The van der Waals surface area contributed by atoms with Crippen LogP contribution in [0.2, 0.25) is 0 Å². The highest BCUT2D eigenvalue weighted by Crippen LogP contribution is 2.26. The number of hydrogen-bond acceptors (Lipinski definition) is 5. The van der Waals surface area contributed by atoms with E-state index in [-0.39, 0.29) is 23.9 Å². The van der Waals surface area contributed by atoms with Crippen LogP contribution in [0.15, 0.2) is 23.3 Å². The lowest BCUT2D eigenvalue weighted by molar-refractivity contribution is 0.0937. The van der Waals surface area contributed by atoms with E-state index in [4.69, 9.17) is 0 Å². The number of aromatic nitrogens is 2. The van der Waals surface area contributed by atoms with Gasteiger partial charge in [-0.25, -0.2) is 4.98 Å². The summed E-state index contributed by atoms with van der Waals surface area (Å²) in [5, 5.41) is 12.6. The van der Waals surface area contributed by atoms with Crippen LogP contribution in [0.25, 0.3) is 11.0 Å². The van der Waals surface area contributed by atoms with Crippen LogP contribution in [0, 0.1) is 0 Å². The van der Waals surface area contributed by atoms with E-state index in [1.807, 2.05) is 23.7 Å². The standard InChI is InChI=1S/C17H20N6O2/c1-10-5-6-18-17(25)14-7-11-3-4-13(21-15(11)23(10)14)16(24)20-12-8-19-22(2)9-12/h3-4,7-8,10,12H,5-6,9H2,1-2H3,(H,18,25)(H,20,24). The van der Waals surface area contributed by atoms with Gasteiger partial charge in [0.25, 0.3) is 11.8 Å². The summed E-state index contributed by atoms with van der Waals surface area (Å²) in [6.45, 7) is 3.34. The van der Waals surface area contributed by atoms with Crippen molar-refractivity contribution in [1.82, 2.24) is 25.2 Å². The average molecular weight is 340 g/mol. The lowest BCUT2D eigenvalue weighted by Gasteiger charge is -2.14. The highest BCUT2D eigenvalue weighted by atomic mass is 16.2. The summed E-state index contributed by atoms with van der Waals surface area (Å²) < 4.78 is 1.93. The first-order valence-corrected chi connectivity index (χ1v) is 8.39. The average Bonchev–Trinajstić information content (AvgIpc) is 3.13. The van der Waals surface area contributed by atoms with Gasteiger partial charge in [-0.3, -0.25) is 14.6 Å². The molecule has 0 bridgehead atoms. The fourth-order valence-electron chi connectivity index (χ4n) is 3.36. The van der Waals surface area contributed by atoms with Crippen LogP contribution in [-0.4, -0.2) is 58.8 Å². The highest BCUT2D eigenvalue weighted by molar-refractivity contribution is 6.00. The third-order valence-electron chi connectivity index (χ3n) is 4.66. The van der Waals surface area contributed by atoms with Crippen molar-refractivity contribution in [3.8, 4) is 0 Å². The number of nitrogens with one attached hydrogen (secondary N) is 2. The summed E-state index contributed by atoms with van der Waals surface area (Å²) in [4.78, 5) is 29.3. The summed E-state index contributed by atoms with van der Waals surface area (Å²) >= 11 is 0. The van der Waals surface area contributed by atoms with Gasteiger partial charge in [-0.1, -0.05) is 0 Å². The van der Waals surface area contributed by atoms with Crippen molar-refractivity contribution in [3.05, 3.63) is 29.6 Å². The van der Waals surface area contributed by atoms with E-state index in [0.29, 0.717) is 30.1 Å². The van der Waals surface area contributed by atoms with Gasteiger partial charge in [-0.2, -0.15) is 5.10 Å². The molecule has 2 N–H and O–H groups in total. The normalized spacial score (nSPS) is 22.6. The SMILES string of the molecule is CC1CCNC(=O)c2cc3ccc(C(=O)NC4C=NN(C)C4)nc3n21. The fraction of sp³-hybridized carbons (Fsp3) is 0.412. The highest BCUT2D eigenvalue weighted by Gasteiger charge is 2.24. The Morgan fingerprint density at radius 2 is 2.24 bits per heavy atom. The van der Waals surface area contributed by atoms with Crippen LogP contribution in [0.4, 0.5) is 0 Å². The van der Waals surface area contributed by atoms with E-state index < -0.39 is 0 Å². The second-order valence-corrected chi connectivity index (χ2v) is 6.59. The number of pyridine rings is 1. The molecule has 0 aliphatic carbocycles. The van der Waals surface area contributed by atoms with Crippen molar-refractivity contribution in [2.45, 2.75) is 25.4 Å². The summed E-state index contributed by atoms with van der Waals surface area (Å²) in [5.74, 6) is -0.339. The molecule has 0 radical (unpaired) electrons. The molecular formula is C17H20N6O2. The summed E-state index contributed by atoms with van der Waals surface area (Å²) in [6.07, 6.45) is 2.54. The minimum atomic E-state index is -0.241. The Hall–Kier alpha value is -2.90. The third kappa shape index (κ3) is 2.73. The molecule has 0 saturated heterocycles. The van der Waals surface area contributed by atoms with Crippen molar-refractivity contribution in [1.29, 1.82) is 0 Å². The maximum Gasteiger partial charge on any atom is 0.270 e. The van der Waals surface area contributed by atoms with Crippen molar-refractivity contribution >= 4 is 29.1 Å². The predicted molar refractivity (Wildman–Crippen MR) is 93.8 cm³/mol. The van der Waals surface area contributed by atoms with E-state index in [2.05, 4.69) is 27.6 Å². The lowest BCUT2D eigenvalue weighted by Crippen LogP contribution is -2.39. The molecule has 0 aromatic carbocycles. The molecule has 2 aliphatic heterocycles. The van der Waals surface area contributed by atoms with Crippen LogP contribution in [0.5, 0.6) is 0 Å². The van der Waals surface area contributed by atoms with Crippen molar-refractivity contribution in [2.24, 2.45) is 5.10 Å². The number of likely N-dealkylation sites (N-methyl/N-ethyl adjacent to an activating group) is 1. The number of carbonyl (C=O) groups excluding carboxylic acids is 2. The van der Waals surface area contributed by atoms with E-state index in [9.17, 15) is 9.59 Å². The summed E-state index contributed by atoms with van der Waals surface area (Å²) in [7, 11) is 1.86. The van der Waals surface area contributed by atoms with Gasteiger partial charge in [0.1, 0.15) is 17.0 Å². The van der Waals surface area contributed by atoms with Gasteiger partial charge >= 0.3 is 0 Å². The number of rotatable bonds is 2. The second-order valence-electron chi connectivity index (χ2n) is 6.59. The Labute approximate surface area is 144 Å². The number of hydrazone groups is 1. The van der Waals surface area contributed by atoms with Gasteiger partial charge in [0.2, 0.25) is 0 Å². The molecule has 2 atom stereocenters. The van der Waals surface area contributed by atoms with Crippen LogP contribution in [-0.2, 0) is 0 Å². The van der Waals surface area contributed by atoms with Crippen LogP contribution >= 0.6 is 0 Å². The lowest BCUT2D eigenvalue weighted by atomic mass is 10.2. The van der Waals surface area contributed by atoms with E-state index in [0.717, 1.165) is 11.8 Å². The quantitative estimate of drug-likeness (QED) is 0.844. The molecule has 4 heterocycles. The molecule has 2 amide bonds. The predicted octanol–water partition coefficient (Wildman–Crippen LogP) is 0.760. The first-order valence-electron chi connectivity index (χ1n) is 8.39. The number of fused-ring (bicyclic) bond motifs is 3. The van der Waals surface area contributed by atoms with Crippen molar-refractivity contribution in [2.75, 3.05) is 20.1 Å². The second kappa shape index (κ2) is 5.87. The Morgan fingerprint density at radius 1 is 1.40 bits per heavy atom. The molecule has 25 heavy (non-hydrogen) atoms. The third-order valence-corrected chi connectivity index (χ3v) is 4.66. The Kier molecular flexibility index (Phi) is 3.67. The van der Waals surface area contributed by atoms with Gasteiger partial charge in [0.15, 0.2) is 0 Å². The van der Waals surface area contributed by atoms with Crippen molar-refractivity contribution in [3.63, 3.8) is 0 Å². The first kappa shape index (κ1) is 15.6. The molecule has 2 unspecified atom stereocenters. The molecule has 130 valence electrons. The van der Waals surface area contributed by atoms with Gasteiger partial charge in [-0.15, -0.1) is 0 Å². The molecule has 0 fully saturated rings. The zero-order chi connectivity index (χ0) is 17.6. The van der Waals surface area contributed by atoms with Crippen LogP contribution in [0.1, 0.15) is 40.4 Å². The number of amides is 2. The molecule has 2 aromatic rings. The Bertz CT molecular complexity index is 887. The largest absolute Gasteiger partial charge is 0.351 e. The van der Waals surface area contributed by atoms with Gasteiger partial charge in [0.05, 0.1) is 12.6 Å². The zero-order valence-electron chi connectivity index (χ0n) is 14.2. The first-order chi connectivity index (χ1) is 12.0. The monoisotopic (exact) mass is 340 g/mol.